The number of aromatic nitrogens is 3. The molecule has 0 bridgehead atoms. The lowest BCUT2D eigenvalue weighted by molar-refractivity contribution is 0.167. The molecule has 5 nitrogen and oxygen atoms in total. The Balaban J connectivity index is 1.09. The van der Waals surface area contributed by atoms with E-state index in [1.165, 1.54) is 70.8 Å². The Labute approximate surface area is 343 Å². The van der Waals surface area contributed by atoms with E-state index in [9.17, 15) is 0 Å². The first-order chi connectivity index (χ1) is 29.1. The highest BCUT2D eigenvalue weighted by Gasteiger charge is 2.47. The van der Waals surface area contributed by atoms with Crippen LogP contribution in [0.2, 0.25) is 0 Å². The Morgan fingerprint density at radius 1 is 0.627 bits per heavy atom. The lowest BCUT2D eigenvalue weighted by atomic mass is 9.81. The van der Waals surface area contributed by atoms with Crippen LogP contribution in [0.5, 0.6) is 5.75 Å². The van der Waals surface area contributed by atoms with Gasteiger partial charge in [-0.05, 0) is 102 Å². The molecule has 0 saturated heterocycles. The molecule has 0 amide bonds. The number of ether oxygens (including phenoxy) is 1. The number of hydrogen-bond acceptors (Lipinski definition) is 3. The van der Waals surface area contributed by atoms with Crippen LogP contribution in [-0.4, -0.2) is 33.1 Å². The van der Waals surface area contributed by atoms with Crippen LogP contribution in [-0.2, 0) is 6.42 Å². The molecule has 1 aliphatic carbocycles. The number of allylic oxidation sites excluding steroid dienone is 1. The van der Waals surface area contributed by atoms with Gasteiger partial charge in [0.25, 0.3) is 0 Å². The van der Waals surface area contributed by atoms with Crippen molar-refractivity contribution in [3.05, 3.63) is 199 Å². The highest BCUT2D eigenvalue weighted by Crippen LogP contribution is 2.51. The number of para-hydroxylation sites is 4. The summed E-state index contributed by atoms with van der Waals surface area (Å²) in [6.07, 6.45) is 11.2. The Hall–Kier alpha value is -7.02. The van der Waals surface area contributed by atoms with E-state index in [4.69, 9.17) is 14.7 Å². The van der Waals surface area contributed by atoms with Crippen LogP contribution in [0.4, 0.5) is 0 Å². The SMILES string of the molecule is CC12Cc3c(n(-c4cccc([Si](C5=NC=CCC5)(c5ccc(-n6c7ccccc7c7ccccc76)cc5)c5ccccn5)c4)c4ccccc34)C=C1c1ccccc1O2. The Kier molecular flexibility index (Phi) is 7.50. The van der Waals surface area contributed by atoms with Gasteiger partial charge in [0, 0.05) is 68.1 Å². The minimum Gasteiger partial charge on any atom is -0.482 e. The third kappa shape index (κ3) is 4.96. The number of pyridine rings is 1. The maximum absolute atomic E-state index is 6.72. The van der Waals surface area contributed by atoms with Crippen LogP contribution < -0.4 is 20.4 Å². The van der Waals surface area contributed by atoms with Gasteiger partial charge in [0.1, 0.15) is 11.4 Å². The second kappa shape index (κ2) is 13.0. The van der Waals surface area contributed by atoms with Gasteiger partial charge in [-0.1, -0.05) is 109 Å². The zero-order chi connectivity index (χ0) is 39.1. The first kappa shape index (κ1) is 34.1. The molecule has 0 N–H and O–H groups in total. The summed E-state index contributed by atoms with van der Waals surface area (Å²) in [5, 5.41) is 8.62. The number of fused-ring (bicyclic) bond motifs is 9. The van der Waals surface area contributed by atoms with Crippen molar-refractivity contribution in [3.63, 3.8) is 0 Å². The summed E-state index contributed by atoms with van der Waals surface area (Å²) in [5.41, 5.74) is 10.4. The quantitative estimate of drug-likeness (QED) is 0.158. The van der Waals surface area contributed by atoms with Crippen molar-refractivity contribution in [2.24, 2.45) is 4.99 Å². The van der Waals surface area contributed by atoms with Crippen LogP contribution in [0, 0.1) is 0 Å². The Morgan fingerprint density at radius 3 is 2.05 bits per heavy atom. The van der Waals surface area contributed by atoms with Crippen molar-refractivity contribution in [3.8, 4) is 17.1 Å². The minimum absolute atomic E-state index is 0.424. The number of hydrogen-bond donors (Lipinski definition) is 0. The van der Waals surface area contributed by atoms with E-state index in [-0.39, 0.29) is 0 Å². The standard InChI is InChI=1S/C53H40N4OSi/c1-53-35-44-42-19-4-8-23-48(42)57(49(44)34-45(53)43-20-5-9-24-50(43)58-53)37-15-14-16-39(33-37)59(51-25-10-12-31-54-51,52-26-11-13-32-55-52)38-29-27-36(28-30-38)56-46-21-6-2-17-40(46)41-18-3-7-22-47(41)56/h2-10,12-25,27-34H,11,26,35H2,1H3. The van der Waals surface area contributed by atoms with Crippen LogP contribution in [0.1, 0.15) is 36.6 Å². The highest BCUT2D eigenvalue weighted by molar-refractivity contribution is 7.30. The monoisotopic (exact) mass is 776 g/mol. The molecular weight excluding hydrogens is 737 g/mol. The normalized spacial score (nSPS) is 17.8. The van der Waals surface area contributed by atoms with Crippen LogP contribution >= 0.6 is 0 Å². The largest absolute Gasteiger partial charge is 0.482 e. The maximum Gasteiger partial charge on any atom is 0.218 e. The molecule has 0 radical (unpaired) electrons. The molecule has 9 aromatic rings. The summed E-state index contributed by atoms with van der Waals surface area (Å²) >= 11 is 0. The van der Waals surface area contributed by atoms with Crippen molar-refractivity contribution in [1.82, 2.24) is 14.1 Å². The van der Waals surface area contributed by atoms with Gasteiger partial charge in [0.2, 0.25) is 8.07 Å². The van der Waals surface area contributed by atoms with Crippen molar-refractivity contribution in [2.45, 2.75) is 31.8 Å². The molecule has 6 heteroatoms. The van der Waals surface area contributed by atoms with Gasteiger partial charge in [-0.2, -0.15) is 0 Å². The van der Waals surface area contributed by atoms with E-state index in [2.05, 4.69) is 186 Å². The van der Waals surface area contributed by atoms with Gasteiger partial charge in [0.05, 0.1) is 22.2 Å². The molecule has 3 aliphatic rings. The van der Waals surface area contributed by atoms with E-state index in [1.807, 2.05) is 18.5 Å². The van der Waals surface area contributed by atoms with E-state index in [0.29, 0.717) is 0 Å². The van der Waals surface area contributed by atoms with Gasteiger partial charge < -0.3 is 13.9 Å². The van der Waals surface area contributed by atoms with Gasteiger partial charge in [-0.25, -0.2) is 0 Å². The van der Waals surface area contributed by atoms with Gasteiger partial charge in [0.15, 0.2) is 0 Å². The number of rotatable bonds is 6. The highest BCUT2D eigenvalue weighted by atomic mass is 28.3. The van der Waals surface area contributed by atoms with E-state index in [1.54, 1.807) is 0 Å². The summed E-state index contributed by atoms with van der Waals surface area (Å²) in [6.45, 7) is 2.24. The van der Waals surface area contributed by atoms with Gasteiger partial charge >= 0.3 is 0 Å². The molecule has 5 heterocycles. The first-order valence-electron chi connectivity index (χ1n) is 20.6. The Morgan fingerprint density at radius 2 is 1.32 bits per heavy atom. The van der Waals surface area contributed by atoms with E-state index < -0.39 is 13.7 Å². The summed E-state index contributed by atoms with van der Waals surface area (Å²) in [4.78, 5) is 10.5. The topological polar surface area (TPSA) is 44.3 Å². The average Bonchev–Trinajstić information content (AvgIpc) is 3.91. The molecule has 2 aliphatic heterocycles. The predicted molar refractivity (Wildman–Crippen MR) is 246 cm³/mol. The maximum atomic E-state index is 6.72. The molecule has 0 fully saturated rings. The van der Waals surface area contributed by atoms with Crippen LogP contribution in [0.3, 0.4) is 0 Å². The smallest absolute Gasteiger partial charge is 0.218 e. The fraction of sp³-hybridized carbons (Fsp3) is 0.0943. The zero-order valence-corrected chi connectivity index (χ0v) is 33.7. The second-order valence-corrected chi connectivity index (χ2v) is 20.0. The van der Waals surface area contributed by atoms with Gasteiger partial charge in [-0.3, -0.25) is 9.98 Å². The number of aliphatic imine (C=N–C) groups is 1. The summed E-state index contributed by atoms with van der Waals surface area (Å²) in [5.74, 6) is 0.960. The van der Waals surface area contributed by atoms with Crippen molar-refractivity contribution in [1.29, 1.82) is 0 Å². The number of benzene rings is 6. The van der Waals surface area contributed by atoms with Crippen molar-refractivity contribution >= 4 is 73.5 Å². The fourth-order valence-electron chi connectivity index (χ4n) is 10.4. The summed E-state index contributed by atoms with van der Waals surface area (Å²) in [6, 6.07) is 59.8. The predicted octanol–water partition coefficient (Wildman–Crippen LogP) is 10.1. The van der Waals surface area contributed by atoms with Crippen molar-refractivity contribution in [2.75, 3.05) is 0 Å². The Bertz CT molecular complexity index is 3190. The molecular formula is C53H40N4OSi. The molecule has 282 valence electrons. The molecule has 2 atom stereocenters. The second-order valence-electron chi connectivity index (χ2n) is 16.2. The lowest BCUT2D eigenvalue weighted by Gasteiger charge is -2.35. The van der Waals surface area contributed by atoms with Crippen LogP contribution in [0.15, 0.2) is 187 Å². The molecule has 0 saturated carbocycles. The van der Waals surface area contributed by atoms with Crippen LogP contribution in [0.25, 0.3) is 55.7 Å². The molecule has 2 unspecified atom stereocenters. The van der Waals surface area contributed by atoms with Crippen molar-refractivity contribution < 1.29 is 4.74 Å². The fourth-order valence-corrected chi connectivity index (χ4v) is 15.1. The molecule has 3 aromatic heterocycles. The van der Waals surface area contributed by atoms with E-state index in [0.717, 1.165) is 41.7 Å². The molecule has 59 heavy (non-hydrogen) atoms. The summed E-state index contributed by atoms with van der Waals surface area (Å²) in [7, 11) is -3.04. The lowest BCUT2D eigenvalue weighted by Crippen LogP contribution is -2.73. The summed E-state index contributed by atoms with van der Waals surface area (Å²) < 4.78 is 11.6. The third-order valence-electron chi connectivity index (χ3n) is 12.9. The number of nitrogens with zero attached hydrogens (tertiary/aromatic N) is 4. The molecule has 6 aromatic carbocycles. The minimum atomic E-state index is -3.04. The third-order valence-corrected chi connectivity index (χ3v) is 17.6. The molecule has 0 spiro atoms. The first-order valence-corrected chi connectivity index (χ1v) is 22.6. The van der Waals surface area contributed by atoms with Gasteiger partial charge in [-0.15, -0.1) is 0 Å². The van der Waals surface area contributed by atoms with E-state index >= 15 is 0 Å². The molecule has 12 rings (SSSR count). The average molecular weight is 777 g/mol. The zero-order valence-electron chi connectivity index (χ0n) is 32.7.